The number of nitroso groups, excluding NO2 is 1. The molecule has 0 amide bonds. The average Bonchev–Trinajstić information content (AvgIpc) is 2.36. The van der Waals surface area contributed by atoms with Crippen LogP contribution in [0.5, 0.6) is 0 Å². The first-order valence-electron chi connectivity index (χ1n) is 7.35. The van der Waals surface area contributed by atoms with Crippen LogP contribution in [-0.4, -0.2) is 33.8 Å². The molecule has 0 aromatic carbocycles. The Hall–Kier alpha value is -1.78. The Morgan fingerprint density at radius 2 is 1.67 bits per heavy atom. The second kappa shape index (κ2) is 5.20. The SMILES string of the molecule is CN1C=CC(=C([O])NC2CC(C)(C)[N+](=O)C(C)(C)C2)C=C1. The second-order valence-electron chi connectivity index (χ2n) is 7.25. The number of hydrogen-bond donors (Lipinski definition) is 1. The number of nitrogens with one attached hydrogen (secondary N) is 1. The quantitative estimate of drug-likeness (QED) is 0.628. The standard InChI is InChI=1S/C16H25N3O2/c1-15(2)10-13(11-16(3,4)19(15)21)17-14(20)12-6-8-18(5)9-7-12/h6-9,13,17H,10-11H2,1-5H3/q+1. The summed E-state index contributed by atoms with van der Waals surface area (Å²) in [7, 11) is 1.91. The molecule has 0 atom stereocenters. The lowest BCUT2D eigenvalue weighted by Gasteiger charge is -2.36. The van der Waals surface area contributed by atoms with E-state index < -0.39 is 11.1 Å². The van der Waals surface area contributed by atoms with Crippen molar-refractivity contribution in [2.75, 3.05) is 7.05 Å². The summed E-state index contributed by atoms with van der Waals surface area (Å²) in [5.41, 5.74) is -0.292. The van der Waals surface area contributed by atoms with E-state index in [1.807, 2.05) is 52.0 Å². The number of hydrogen-bond acceptors (Lipinski definition) is 3. The van der Waals surface area contributed by atoms with Crippen molar-refractivity contribution in [1.82, 2.24) is 10.2 Å². The Bertz CT molecular complexity index is 494. The molecule has 1 N–H and O–H groups in total. The maximum Gasteiger partial charge on any atom is 0.251 e. The van der Waals surface area contributed by atoms with Crippen molar-refractivity contribution in [2.45, 2.75) is 57.7 Å². The molecule has 21 heavy (non-hydrogen) atoms. The lowest BCUT2D eigenvalue weighted by molar-refractivity contribution is -0.693. The normalized spacial score (nSPS) is 24.3. The van der Waals surface area contributed by atoms with Crippen LogP contribution < -0.4 is 5.32 Å². The van der Waals surface area contributed by atoms with Gasteiger partial charge in [0, 0.05) is 81.3 Å². The molecule has 5 nitrogen and oxygen atoms in total. The number of piperidine rings is 1. The Balaban J connectivity index is 2.14. The summed E-state index contributed by atoms with van der Waals surface area (Å²) in [4.78, 5) is 14.2. The van der Waals surface area contributed by atoms with Gasteiger partial charge in [-0.05, 0) is 12.2 Å². The first kappa shape index (κ1) is 15.6. The van der Waals surface area contributed by atoms with Crippen LogP contribution in [0.25, 0.3) is 0 Å². The topological polar surface area (TPSA) is 55.2 Å². The van der Waals surface area contributed by atoms with E-state index in [9.17, 15) is 10.0 Å². The predicted molar refractivity (Wildman–Crippen MR) is 81.7 cm³/mol. The minimum absolute atomic E-state index is 0.0154. The summed E-state index contributed by atoms with van der Waals surface area (Å²) in [6, 6.07) is 0.0154. The van der Waals surface area contributed by atoms with Crippen molar-refractivity contribution in [3.63, 3.8) is 0 Å². The fraction of sp³-hybridized carbons (Fsp3) is 0.625. The number of allylic oxidation sites excluding steroid dienone is 3. The maximum absolute atomic E-state index is 12.3. The van der Waals surface area contributed by atoms with Crippen molar-refractivity contribution >= 4 is 0 Å². The van der Waals surface area contributed by atoms with Gasteiger partial charge in [-0.2, -0.15) is 0 Å². The molecule has 2 rings (SSSR count). The zero-order valence-corrected chi connectivity index (χ0v) is 13.5. The highest BCUT2D eigenvalue weighted by Gasteiger charge is 2.53. The van der Waals surface area contributed by atoms with E-state index in [1.54, 1.807) is 12.2 Å². The fourth-order valence-corrected chi connectivity index (χ4v) is 3.29. The van der Waals surface area contributed by atoms with Gasteiger partial charge in [0.25, 0.3) is 5.88 Å². The molecule has 0 aromatic rings. The Morgan fingerprint density at radius 1 is 1.19 bits per heavy atom. The fourth-order valence-electron chi connectivity index (χ4n) is 3.29. The summed E-state index contributed by atoms with van der Waals surface area (Å²) in [5.74, 6) is -0.0773. The van der Waals surface area contributed by atoms with Crippen molar-refractivity contribution in [1.29, 1.82) is 0 Å². The average molecular weight is 291 g/mol. The molecule has 5 heteroatoms. The van der Waals surface area contributed by atoms with E-state index >= 15 is 0 Å². The molecular weight excluding hydrogens is 266 g/mol. The van der Waals surface area contributed by atoms with Gasteiger partial charge in [0.2, 0.25) is 11.1 Å². The number of nitrogens with zero attached hydrogens (tertiary/aromatic N) is 2. The molecule has 0 unspecified atom stereocenters. The van der Waals surface area contributed by atoms with Gasteiger partial charge in [-0.25, -0.2) is 0 Å². The molecule has 0 bridgehead atoms. The lowest BCUT2D eigenvalue weighted by Crippen LogP contribution is -2.58. The highest BCUT2D eigenvalue weighted by atomic mass is 16.3. The first-order chi connectivity index (χ1) is 9.62. The van der Waals surface area contributed by atoms with Crippen molar-refractivity contribution < 1.29 is 9.87 Å². The van der Waals surface area contributed by atoms with E-state index in [0.29, 0.717) is 18.4 Å². The summed E-state index contributed by atoms with van der Waals surface area (Å²) in [5, 5.41) is 15.4. The van der Waals surface area contributed by atoms with Crippen LogP contribution >= 0.6 is 0 Å². The van der Waals surface area contributed by atoms with Crippen molar-refractivity contribution in [3.8, 4) is 0 Å². The van der Waals surface area contributed by atoms with E-state index in [2.05, 4.69) is 5.32 Å². The molecule has 2 aliphatic rings. The Labute approximate surface area is 126 Å². The van der Waals surface area contributed by atoms with Gasteiger partial charge in [-0.15, -0.1) is 0 Å². The summed E-state index contributed by atoms with van der Waals surface area (Å²) in [6.07, 6.45) is 8.62. The molecule has 1 radical (unpaired) electrons. The molecule has 0 aliphatic carbocycles. The van der Waals surface area contributed by atoms with Crippen LogP contribution in [0, 0.1) is 4.91 Å². The van der Waals surface area contributed by atoms with Crippen LogP contribution in [0.2, 0.25) is 0 Å². The van der Waals surface area contributed by atoms with E-state index in [0.717, 1.165) is 0 Å². The summed E-state index contributed by atoms with van der Waals surface area (Å²) < 4.78 is 1.17. The van der Waals surface area contributed by atoms with E-state index in [-0.39, 0.29) is 11.9 Å². The van der Waals surface area contributed by atoms with Gasteiger partial charge in [0.15, 0.2) is 0 Å². The van der Waals surface area contributed by atoms with E-state index in [1.165, 1.54) is 4.76 Å². The molecular formula is C16H25N3O2+. The van der Waals surface area contributed by atoms with Crippen LogP contribution in [-0.2, 0) is 5.11 Å². The van der Waals surface area contributed by atoms with Gasteiger partial charge in [0.1, 0.15) is 0 Å². The summed E-state index contributed by atoms with van der Waals surface area (Å²) in [6.45, 7) is 7.73. The monoisotopic (exact) mass is 291 g/mol. The van der Waals surface area contributed by atoms with Crippen LogP contribution in [0.1, 0.15) is 40.5 Å². The van der Waals surface area contributed by atoms with Crippen molar-refractivity contribution in [3.05, 3.63) is 40.9 Å². The summed E-state index contributed by atoms with van der Waals surface area (Å²) >= 11 is 0. The Morgan fingerprint density at radius 3 is 2.14 bits per heavy atom. The third-order valence-corrected chi connectivity index (χ3v) is 4.17. The van der Waals surface area contributed by atoms with Gasteiger partial charge in [-0.3, -0.25) is 5.11 Å². The van der Waals surface area contributed by atoms with Gasteiger partial charge in [0.05, 0.1) is 0 Å². The van der Waals surface area contributed by atoms with Crippen LogP contribution in [0.15, 0.2) is 36.0 Å². The van der Waals surface area contributed by atoms with Crippen molar-refractivity contribution in [2.24, 2.45) is 0 Å². The molecule has 0 saturated carbocycles. The van der Waals surface area contributed by atoms with Gasteiger partial charge < -0.3 is 10.2 Å². The minimum Gasteiger partial charge on any atom is -0.357 e. The zero-order valence-electron chi connectivity index (χ0n) is 13.5. The van der Waals surface area contributed by atoms with Crippen LogP contribution in [0.4, 0.5) is 0 Å². The van der Waals surface area contributed by atoms with Crippen LogP contribution in [0.3, 0.4) is 0 Å². The molecule has 0 spiro atoms. The Kier molecular flexibility index (Phi) is 3.87. The smallest absolute Gasteiger partial charge is 0.251 e. The predicted octanol–water partition coefficient (Wildman–Crippen LogP) is 2.69. The zero-order chi connectivity index (χ0) is 15.8. The second-order valence-corrected chi connectivity index (χ2v) is 7.25. The highest BCUT2D eigenvalue weighted by Crippen LogP contribution is 2.34. The third-order valence-electron chi connectivity index (χ3n) is 4.17. The molecule has 115 valence electrons. The maximum atomic E-state index is 12.3. The highest BCUT2D eigenvalue weighted by molar-refractivity contribution is 5.35. The van der Waals surface area contributed by atoms with Gasteiger partial charge >= 0.3 is 0 Å². The molecule has 2 heterocycles. The minimum atomic E-state index is -0.469. The first-order valence-corrected chi connectivity index (χ1v) is 7.35. The molecule has 2 aliphatic heterocycles. The lowest BCUT2D eigenvalue weighted by atomic mass is 9.79. The third kappa shape index (κ3) is 3.28. The number of rotatable bonds is 2. The molecule has 1 fully saturated rings. The molecule has 0 aromatic heterocycles. The van der Waals surface area contributed by atoms with Gasteiger partial charge in [-0.1, -0.05) is 0 Å². The van der Waals surface area contributed by atoms with E-state index in [4.69, 9.17) is 0 Å². The largest absolute Gasteiger partial charge is 0.357 e. The molecule has 1 saturated heterocycles.